The lowest BCUT2D eigenvalue weighted by Gasteiger charge is -2.26. The number of hydrogen-bond donors (Lipinski definition) is 5. The monoisotopic (exact) mass is 382 g/mol. The van der Waals surface area contributed by atoms with E-state index >= 15 is 0 Å². The number of carbonyl (C=O) groups is 3. The van der Waals surface area contributed by atoms with Gasteiger partial charge in [-0.25, -0.2) is 0 Å². The average Bonchev–Trinajstić information content (AvgIpc) is 2.63. The first kappa shape index (κ1) is 20.7. The Labute approximate surface area is 159 Å². The van der Waals surface area contributed by atoms with E-state index in [0.717, 1.165) is 0 Å². The van der Waals surface area contributed by atoms with Crippen LogP contribution in [0.4, 0.5) is 0 Å². The number of nitrogens with two attached hydrogens (primary N) is 1. The van der Waals surface area contributed by atoms with E-state index in [1.54, 1.807) is 26.0 Å². The molecule has 0 saturated carbocycles. The summed E-state index contributed by atoms with van der Waals surface area (Å²) in [7, 11) is 1.48. The van der Waals surface area contributed by atoms with Crippen molar-refractivity contribution in [1.29, 1.82) is 0 Å². The highest BCUT2D eigenvalue weighted by Gasteiger charge is 2.29. The molecule has 27 heavy (non-hydrogen) atoms. The van der Waals surface area contributed by atoms with Gasteiger partial charge in [-0.2, -0.15) is 0 Å². The Morgan fingerprint density at radius 3 is 2.30 bits per heavy atom. The van der Waals surface area contributed by atoms with Crippen LogP contribution in [0.15, 0.2) is 24.3 Å². The van der Waals surface area contributed by atoms with Crippen molar-refractivity contribution < 1.29 is 30.7 Å². The summed E-state index contributed by atoms with van der Waals surface area (Å²) in [4.78, 5) is 35.8. The van der Waals surface area contributed by atoms with Crippen molar-refractivity contribution in [2.75, 3.05) is 13.7 Å². The molecule has 0 aromatic heterocycles. The second-order valence-electron chi connectivity index (χ2n) is 6.49. The minimum atomic E-state index is -1.28. The molecular weight excluding hydrogens is 354 g/mol. The Bertz CT molecular complexity index is 668. The highest BCUT2D eigenvalue weighted by atomic mass is 16.5. The number of carboxylic acids is 1. The number of aromatic hydroxyl groups is 1. The molecule has 9 heteroatoms. The van der Waals surface area contributed by atoms with Crippen LogP contribution in [-0.2, 0) is 19.1 Å². The smallest absolute Gasteiger partial charge is 0.305 e. The fourth-order valence-electron chi connectivity index (χ4n) is 2.41. The molecule has 0 unspecified atom stereocenters. The topological polar surface area (TPSA) is 151 Å². The zero-order valence-electron chi connectivity index (χ0n) is 16.6. The molecule has 2 amide bonds. The van der Waals surface area contributed by atoms with Gasteiger partial charge < -0.3 is 31.3 Å². The molecule has 150 valence electrons. The Morgan fingerprint density at radius 2 is 1.81 bits per heavy atom. The molecule has 1 aromatic rings. The van der Waals surface area contributed by atoms with Crippen molar-refractivity contribution in [2.24, 2.45) is 11.6 Å². The Hall–Kier alpha value is -2.65. The van der Waals surface area contributed by atoms with Gasteiger partial charge in [0.1, 0.15) is 13.2 Å². The van der Waals surface area contributed by atoms with Gasteiger partial charge in [0.05, 0.1) is 25.1 Å². The number of hydrogen-bond acceptors (Lipinski definition) is 6. The molecule has 0 bridgehead atoms. The number of benzene rings is 1. The number of ether oxygens (including phenoxy) is 1. The van der Waals surface area contributed by atoms with E-state index in [0.29, 0.717) is 5.56 Å². The average molecular weight is 382 g/mol. The number of rotatable bonds is 11. The summed E-state index contributed by atoms with van der Waals surface area (Å²) in [5.74, 6) is -2.66. The predicted octanol–water partition coefficient (Wildman–Crippen LogP) is 0.139. The first-order valence-electron chi connectivity index (χ1n) is 8.97. The predicted molar refractivity (Wildman–Crippen MR) is 97.9 cm³/mol. The first-order valence-corrected chi connectivity index (χ1v) is 8.47. The van der Waals surface area contributed by atoms with Gasteiger partial charge in [0.25, 0.3) is 0 Å². The minimum absolute atomic E-state index is 0.0888. The maximum Gasteiger partial charge on any atom is 0.305 e. The summed E-state index contributed by atoms with van der Waals surface area (Å²) in [6.45, 7) is 3.64. The third-order valence-corrected chi connectivity index (χ3v) is 3.89. The molecule has 9 nitrogen and oxygen atoms in total. The van der Waals surface area contributed by atoms with Crippen molar-refractivity contribution in [3.05, 3.63) is 29.8 Å². The number of methoxy groups -OCH3 is 1. The van der Waals surface area contributed by atoms with Crippen molar-refractivity contribution >= 4 is 17.8 Å². The van der Waals surface area contributed by atoms with Gasteiger partial charge in [-0.15, -0.1) is 0 Å². The van der Waals surface area contributed by atoms with Crippen molar-refractivity contribution in [3.8, 4) is 5.75 Å². The lowest BCUT2D eigenvalue weighted by molar-refractivity contribution is -0.139. The van der Waals surface area contributed by atoms with Crippen LogP contribution in [0.2, 0.25) is 1.41 Å². The normalized spacial score (nSPS) is 14.7. The van der Waals surface area contributed by atoms with Gasteiger partial charge in [-0.3, -0.25) is 14.4 Å². The molecule has 3 atom stereocenters. The van der Waals surface area contributed by atoms with E-state index in [9.17, 15) is 19.5 Å². The molecule has 0 spiro atoms. The standard InChI is InChI=1S/C18H27N3O6/c1-10(2)16(21-17(25)13(19)8-15(23)24)18(26)20-14(9-27-3)11-4-6-12(22)7-5-11/h4-7,10,13-14,16,22H,8-9,19H2,1-3H3,(H,20,26)(H,21,25)(H,23,24)/t13-,14-,16-/m0/s1/i/hD. The Kier molecular flexibility index (Phi) is 8.02. The second kappa shape index (κ2) is 10.5. The molecule has 0 fully saturated rings. The molecule has 0 aliphatic rings. The third-order valence-electron chi connectivity index (χ3n) is 3.89. The van der Waals surface area contributed by atoms with Crippen LogP contribution in [0.1, 0.15) is 31.9 Å². The Morgan fingerprint density at radius 1 is 1.19 bits per heavy atom. The van der Waals surface area contributed by atoms with Crippen LogP contribution in [0.25, 0.3) is 0 Å². The fourth-order valence-corrected chi connectivity index (χ4v) is 2.41. The Balaban J connectivity index is 2.90. The quantitative estimate of drug-likeness (QED) is 0.365. The van der Waals surface area contributed by atoms with Crippen LogP contribution in [0, 0.1) is 5.92 Å². The largest absolute Gasteiger partial charge is 0.508 e. The first-order chi connectivity index (χ1) is 13.2. The number of nitrogens with one attached hydrogen (secondary N) is 2. The van der Waals surface area contributed by atoms with Gasteiger partial charge in [0.15, 0.2) is 0 Å². The molecule has 0 saturated heterocycles. The lowest BCUT2D eigenvalue weighted by atomic mass is 10.0. The van der Waals surface area contributed by atoms with Crippen LogP contribution in [-0.4, -0.2) is 53.8 Å². The number of carbonyl (C=O) groups excluding carboxylic acids is 2. The van der Waals surface area contributed by atoms with Crippen LogP contribution < -0.4 is 16.4 Å². The zero-order chi connectivity index (χ0) is 21.3. The van der Waals surface area contributed by atoms with E-state index in [2.05, 4.69) is 10.6 Å². The van der Waals surface area contributed by atoms with Crippen LogP contribution in [0.5, 0.6) is 5.75 Å². The van der Waals surface area contributed by atoms with E-state index in [-0.39, 0.29) is 18.3 Å². The molecule has 0 aliphatic heterocycles. The van der Waals surface area contributed by atoms with Crippen molar-refractivity contribution in [1.82, 2.24) is 10.6 Å². The van der Waals surface area contributed by atoms with Gasteiger partial charge >= 0.3 is 5.97 Å². The minimum Gasteiger partial charge on any atom is -0.508 e. The summed E-state index contributed by atoms with van der Waals surface area (Å²) in [6.07, 6.45) is -0.582. The zero-order valence-corrected chi connectivity index (χ0v) is 15.6. The second-order valence-corrected chi connectivity index (χ2v) is 6.49. The SMILES string of the molecule is [2H]N[C@@H](CC(=O)O)C(=O)N[C@H](C(=O)N[C@@H](COC)c1ccc(O)cc1)C(C)C. The molecule has 0 aliphatic carbocycles. The summed E-state index contributed by atoms with van der Waals surface area (Å²) in [5.41, 5.74) is 2.60. The third kappa shape index (κ3) is 7.24. The van der Waals surface area contributed by atoms with Gasteiger partial charge in [-0.1, -0.05) is 26.0 Å². The summed E-state index contributed by atoms with van der Waals surface area (Å²) in [6, 6.07) is 3.54. The maximum absolute atomic E-state index is 12.8. The van der Waals surface area contributed by atoms with Crippen LogP contribution in [0.3, 0.4) is 0 Å². The van der Waals surface area contributed by atoms with E-state index < -0.39 is 42.3 Å². The van der Waals surface area contributed by atoms with E-state index in [4.69, 9.17) is 11.3 Å². The highest BCUT2D eigenvalue weighted by molar-refractivity contribution is 5.91. The molecule has 0 radical (unpaired) electrons. The van der Waals surface area contributed by atoms with Gasteiger partial charge in [-0.05, 0) is 23.6 Å². The van der Waals surface area contributed by atoms with Gasteiger partial charge in [0, 0.05) is 7.11 Å². The summed E-state index contributed by atoms with van der Waals surface area (Å²) in [5, 5.41) is 23.5. The summed E-state index contributed by atoms with van der Waals surface area (Å²) >= 11 is 0. The van der Waals surface area contributed by atoms with Crippen LogP contribution >= 0.6 is 0 Å². The molecule has 1 rings (SSSR count). The van der Waals surface area contributed by atoms with Crippen molar-refractivity contribution in [2.45, 2.75) is 38.4 Å². The maximum atomic E-state index is 12.8. The molecule has 1 aromatic carbocycles. The number of phenolic OH excluding ortho intramolecular Hbond substituents is 1. The number of phenols is 1. The lowest BCUT2D eigenvalue weighted by Crippen LogP contribution is -2.54. The van der Waals surface area contributed by atoms with Crippen molar-refractivity contribution in [3.63, 3.8) is 0 Å². The highest BCUT2D eigenvalue weighted by Crippen LogP contribution is 2.18. The molecule has 0 heterocycles. The number of carboxylic acid groups (broad SMARTS) is 1. The number of amides is 2. The fraction of sp³-hybridized carbons (Fsp3) is 0.500. The molecule has 6 N–H and O–H groups in total. The van der Waals surface area contributed by atoms with E-state index in [1.807, 2.05) is 5.73 Å². The summed E-state index contributed by atoms with van der Waals surface area (Å²) < 4.78 is 12.3. The molecular formula is C18H27N3O6. The van der Waals surface area contributed by atoms with E-state index in [1.165, 1.54) is 19.2 Å². The number of aliphatic carboxylic acids is 1. The van der Waals surface area contributed by atoms with Gasteiger partial charge in [0.2, 0.25) is 11.8 Å².